The van der Waals surface area contributed by atoms with Crippen molar-refractivity contribution in [1.82, 2.24) is 4.72 Å². The van der Waals surface area contributed by atoms with Crippen LogP contribution in [0.2, 0.25) is 5.02 Å². The third-order valence-corrected chi connectivity index (χ3v) is 4.98. The summed E-state index contributed by atoms with van der Waals surface area (Å²) in [5.74, 6) is 0.229. The monoisotopic (exact) mass is 508 g/mol. The molecule has 0 spiro atoms. The van der Waals surface area contributed by atoms with Gasteiger partial charge < -0.3 is 11.1 Å². The predicted molar refractivity (Wildman–Crippen MR) is 118 cm³/mol. The molecule has 0 aliphatic carbocycles. The molecule has 6 nitrogen and oxygen atoms in total. The molecule has 2 rings (SSSR count). The summed E-state index contributed by atoms with van der Waals surface area (Å²) in [5.41, 5.74) is 8.91. The summed E-state index contributed by atoms with van der Waals surface area (Å²) in [4.78, 5) is 4.24. The van der Waals surface area contributed by atoms with Crippen LogP contribution < -0.4 is 15.8 Å². The van der Waals surface area contributed by atoms with Crippen molar-refractivity contribution >= 4 is 57.2 Å². The molecule has 9 heteroatoms. The van der Waals surface area contributed by atoms with E-state index in [9.17, 15) is 8.42 Å². The van der Waals surface area contributed by atoms with Gasteiger partial charge >= 0.3 is 0 Å². The molecule has 0 bridgehead atoms. The zero-order valence-corrected chi connectivity index (χ0v) is 18.4. The van der Waals surface area contributed by atoms with Gasteiger partial charge in [-0.15, -0.1) is 24.0 Å². The van der Waals surface area contributed by atoms with Crippen molar-refractivity contribution in [1.29, 1.82) is 0 Å². The van der Waals surface area contributed by atoms with Gasteiger partial charge in [0.1, 0.15) is 0 Å². The number of benzene rings is 2. The van der Waals surface area contributed by atoms with Crippen LogP contribution in [0.4, 0.5) is 5.69 Å². The van der Waals surface area contributed by atoms with E-state index >= 15 is 0 Å². The molecule has 0 atom stereocenters. The van der Waals surface area contributed by atoms with Crippen molar-refractivity contribution in [2.45, 2.75) is 18.7 Å². The average molecular weight is 509 g/mol. The smallest absolute Gasteiger partial charge is 0.240 e. The van der Waals surface area contributed by atoms with Crippen LogP contribution in [-0.2, 0) is 10.0 Å². The van der Waals surface area contributed by atoms with Gasteiger partial charge in [-0.05, 0) is 55.3 Å². The van der Waals surface area contributed by atoms with Crippen molar-refractivity contribution < 1.29 is 8.42 Å². The number of nitrogens with two attached hydrogens (primary N) is 1. The molecule has 0 aliphatic rings. The fraction of sp³-hybridized carbons (Fsp3) is 0.235. The maximum absolute atomic E-state index is 12.1. The van der Waals surface area contributed by atoms with Gasteiger partial charge in [-0.1, -0.05) is 23.7 Å². The quantitative estimate of drug-likeness (QED) is 0.241. The van der Waals surface area contributed by atoms with E-state index in [-0.39, 0.29) is 47.9 Å². The van der Waals surface area contributed by atoms with E-state index in [1.165, 1.54) is 12.1 Å². The lowest BCUT2D eigenvalue weighted by molar-refractivity contribution is 0.582. The normalized spacial score (nSPS) is 11.7. The van der Waals surface area contributed by atoms with Crippen LogP contribution in [0, 0.1) is 13.8 Å². The number of anilines is 1. The van der Waals surface area contributed by atoms with Gasteiger partial charge in [-0.3, -0.25) is 4.99 Å². The summed E-state index contributed by atoms with van der Waals surface area (Å²) in [6.07, 6.45) is 0. The van der Waals surface area contributed by atoms with E-state index in [0.29, 0.717) is 5.02 Å². The Balaban J connectivity index is 0.00000338. The molecule has 0 heterocycles. The van der Waals surface area contributed by atoms with E-state index in [1.54, 1.807) is 12.1 Å². The first-order chi connectivity index (χ1) is 11.8. The Hall–Kier alpha value is -1.36. The van der Waals surface area contributed by atoms with Gasteiger partial charge in [0.2, 0.25) is 10.0 Å². The SMILES string of the molecule is Cc1cc(C)cc(NC(N)=NCCNS(=O)(=O)c2cccc(Cl)c2)c1.I. The number of rotatable bonds is 6. The highest BCUT2D eigenvalue weighted by Gasteiger charge is 2.13. The zero-order chi connectivity index (χ0) is 18.4. The molecule has 2 aromatic rings. The molecule has 4 N–H and O–H groups in total. The highest BCUT2D eigenvalue weighted by atomic mass is 127. The van der Waals surface area contributed by atoms with Crippen molar-refractivity contribution in [2.24, 2.45) is 10.7 Å². The van der Waals surface area contributed by atoms with Crippen LogP contribution >= 0.6 is 35.6 Å². The Kier molecular flexibility index (Phi) is 8.81. The van der Waals surface area contributed by atoms with E-state index in [0.717, 1.165) is 16.8 Å². The molecule has 142 valence electrons. The Labute approximate surface area is 176 Å². The number of hydrogen-bond acceptors (Lipinski definition) is 3. The lowest BCUT2D eigenvalue weighted by Gasteiger charge is -2.09. The maximum atomic E-state index is 12.1. The number of guanidine groups is 1. The highest BCUT2D eigenvalue weighted by Crippen LogP contribution is 2.15. The summed E-state index contributed by atoms with van der Waals surface area (Å²) in [6.45, 7) is 4.33. The van der Waals surface area contributed by atoms with Crippen molar-refractivity contribution in [3.63, 3.8) is 0 Å². The number of halogens is 2. The van der Waals surface area contributed by atoms with E-state index in [4.69, 9.17) is 17.3 Å². The Morgan fingerprint density at radius 1 is 1.15 bits per heavy atom. The number of aliphatic imine (C=N–C) groups is 1. The maximum Gasteiger partial charge on any atom is 0.240 e. The third kappa shape index (κ3) is 7.10. The average Bonchev–Trinajstić information content (AvgIpc) is 2.50. The molecule has 0 unspecified atom stereocenters. The minimum absolute atomic E-state index is 0. The van der Waals surface area contributed by atoms with E-state index < -0.39 is 10.0 Å². The summed E-state index contributed by atoms with van der Waals surface area (Å²) >= 11 is 5.81. The minimum Gasteiger partial charge on any atom is -0.370 e. The fourth-order valence-electron chi connectivity index (χ4n) is 2.31. The van der Waals surface area contributed by atoms with Crippen LogP contribution in [0.3, 0.4) is 0 Å². The van der Waals surface area contributed by atoms with Gasteiger partial charge in [-0.2, -0.15) is 0 Å². The van der Waals surface area contributed by atoms with Crippen molar-refractivity contribution in [3.8, 4) is 0 Å². The molecule has 0 aromatic heterocycles. The summed E-state index contributed by atoms with van der Waals surface area (Å²) in [5, 5.41) is 3.36. The molecular weight excluding hydrogens is 487 g/mol. The van der Waals surface area contributed by atoms with Gasteiger partial charge in [-0.25, -0.2) is 13.1 Å². The zero-order valence-electron chi connectivity index (χ0n) is 14.5. The fourth-order valence-corrected chi connectivity index (χ4v) is 3.63. The van der Waals surface area contributed by atoms with Crippen LogP contribution in [0.1, 0.15) is 11.1 Å². The Morgan fingerprint density at radius 3 is 2.42 bits per heavy atom. The van der Waals surface area contributed by atoms with Crippen LogP contribution in [0.15, 0.2) is 52.4 Å². The lowest BCUT2D eigenvalue weighted by Crippen LogP contribution is -2.28. The second-order valence-electron chi connectivity index (χ2n) is 5.62. The van der Waals surface area contributed by atoms with Crippen molar-refractivity contribution in [2.75, 3.05) is 18.4 Å². The first-order valence-electron chi connectivity index (χ1n) is 7.67. The first-order valence-corrected chi connectivity index (χ1v) is 9.53. The van der Waals surface area contributed by atoms with Crippen LogP contribution in [0.25, 0.3) is 0 Å². The molecule has 0 amide bonds. The summed E-state index contributed by atoms with van der Waals surface area (Å²) in [7, 11) is -3.62. The predicted octanol–water partition coefficient (Wildman–Crippen LogP) is 3.28. The molecule has 0 saturated carbocycles. The number of hydrogen-bond donors (Lipinski definition) is 3. The molecule has 0 aliphatic heterocycles. The van der Waals surface area contributed by atoms with E-state index in [1.807, 2.05) is 26.0 Å². The standard InChI is InChI=1S/C17H21ClN4O2S.HI/c1-12-8-13(2)10-15(9-12)22-17(19)20-6-7-21-25(23,24)16-5-3-4-14(18)11-16;/h3-5,8-11,21H,6-7H2,1-2H3,(H3,19,20,22);1H. The number of nitrogens with one attached hydrogen (secondary N) is 2. The number of nitrogens with zero attached hydrogens (tertiary/aromatic N) is 1. The van der Waals surface area contributed by atoms with Gasteiger partial charge in [0.15, 0.2) is 5.96 Å². The Morgan fingerprint density at radius 2 is 1.81 bits per heavy atom. The molecule has 26 heavy (non-hydrogen) atoms. The second kappa shape index (κ2) is 10.1. The topological polar surface area (TPSA) is 96.6 Å². The lowest BCUT2D eigenvalue weighted by atomic mass is 10.1. The van der Waals surface area contributed by atoms with Crippen LogP contribution in [0.5, 0.6) is 0 Å². The van der Waals surface area contributed by atoms with E-state index in [2.05, 4.69) is 21.1 Å². The minimum atomic E-state index is -3.62. The second-order valence-corrected chi connectivity index (χ2v) is 7.83. The number of sulfonamides is 1. The Bertz CT molecular complexity index is 868. The summed E-state index contributed by atoms with van der Waals surface area (Å²) in [6, 6.07) is 12.0. The van der Waals surface area contributed by atoms with Crippen molar-refractivity contribution in [3.05, 3.63) is 58.6 Å². The molecule has 0 radical (unpaired) electrons. The number of aryl methyl sites for hydroxylation is 2. The molecular formula is C17H22ClIN4O2S. The van der Waals surface area contributed by atoms with Gasteiger partial charge in [0.25, 0.3) is 0 Å². The third-order valence-electron chi connectivity index (χ3n) is 3.29. The van der Waals surface area contributed by atoms with Crippen LogP contribution in [-0.4, -0.2) is 27.5 Å². The molecule has 0 fully saturated rings. The highest BCUT2D eigenvalue weighted by molar-refractivity contribution is 14.0. The molecule has 0 saturated heterocycles. The largest absolute Gasteiger partial charge is 0.370 e. The van der Waals surface area contributed by atoms with Gasteiger partial charge in [0.05, 0.1) is 11.4 Å². The van der Waals surface area contributed by atoms with Gasteiger partial charge in [0, 0.05) is 17.3 Å². The first kappa shape index (κ1) is 22.7. The summed E-state index contributed by atoms with van der Waals surface area (Å²) < 4.78 is 26.7. The molecule has 2 aromatic carbocycles.